The summed E-state index contributed by atoms with van der Waals surface area (Å²) in [7, 11) is 0. The highest BCUT2D eigenvalue weighted by Gasteiger charge is 2.39. The number of thioether (sulfide) groups is 1. The molecule has 1 aromatic carbocycles. The van der Waals surface area contributed by atoms with Gasteiger partial charge in [0.25, 0.3) is 0 Å². The van der Waals surface area contributed by atoms with Gasteiger partial charge in [-0.05, 0) is 30.4 Å². The SMILES string of the molecule is c1ccc2c(c1)CCCC21NCCS1. The van der Waals surface area contributed by atoms with Crippen molar-refractivity contribution in [2.45, 2.75) is 24.1 Å². The summed E-state index contributed by atoms with van der Waals surface area (Å²) in [6, 6.07) is 8.93. The second kappa shape index (κ2) is 3.28. The second-order valence-corrected chi connectivity index (χ2v) is 5.51. The van der Waals surface area contributed by atoms with E-state index >= 15 is 0 Å². The van der Waals surface area contributed by atoms with Crippen molar-refractivity contribution in [3.63, 3.8) is 0 Å². The zero-order valence-electron chi connectivity index (χ0n) is 8.25. The molecule has 74 valence electrons. The van der Waals surface area contributed by atoms with Gasteiger partial charge in [0, 0.05) is 12.3 Å². The molecule has 14 heavy (non-hydrogen) atoms. The van der Waals surface area contributed by atoms with Crippen LogP contribution in [-0.4, -0.2) is 12.3 Å². The third-order valence-electron chi connectivity index (χ3n) is 3.29. The highest BCUT2D eigenvalue weighted by Crippen LogP contribution is 2.45. The average Bonchev–Trinajstić information content (AvgIpc) is 2.68. The van der Waals surface area contributed by atoms with Crippen molar-refractivity contribution < 1.29 is 0 Å². The Morgan fingerprint density at radius 1 is 1.29 bits per heavy atom. The van der Waals surface area contributed by atoms with Gasteiger partial charge < -0.3 is 0 Å². The van der Waals surface area contributed by atoms with E-state index in [4.69, 9.17) is 0 Å². The molecule has 1 fully saturated rings. The van der Waals surface area contributed by atoms with Crippen LogP contribution in [0.4, 0.5) is 0 Å². The lowest BCUT2D eigenvalue weighted by atomic mass is 9.87. The predicted molar refractivity (Wildman–Crippen MR) is 61.5 cm³/mol. The molecule has 1 spiro atoms. The van der Waals surface area contributed by atoms with E-state index in [0.717, 1.165) is 0 Å². The Kier molecular flexibility index (Phi) is 2.06. The number of hydrogen-bond acceptors (Lipinski definition) is 2. The van der Waals surface area contributed by atoms with Crippen molar-refractivity contribution in [2.24, 2.45) is 0 Å². The van der Waals surface area contributed by atoms with E-state index in [1.165, 1.54) is 31.6 Å². The molecule has 0 amide bonds. The van der Waals surface area contributed by atoms with E-state index in [9.17, 15) is 0 Å². The molecule has 1 atom stereocenters. The fraction of sp³-hybridized carbons (Fsp3) is 0.500. The Balaban J connectivity index is 2.10. The van der Waals surface area contributed by atoms with Crippen molar-refractivity contribution in [2.75, 3.05) is 12.3 Å². The van der Waals surface area contributed by atoms with Gasteiger partial charge in [-0.1, -0.05) is 24.3 Å². The smallest absolute Gasteiger partial charge is 0.0904 e. The molecule has 1 aliphatic heterocycles. The highest BCUT2D eigenvalue weighted by atomic mass is 32.2. The van der Waals surface area contributed by atoms with Crippen LogP contribution in [0.15, 0.2) is 24.3 Å². The van der Waals surface area contributed by atoms with Crippen LogP contribution in [0.25, 0.3) is 0 Å². The first kappa shape index (κ1) is 8.81. The Morgan fingerprint density at radius 3 is 3.07 bits per heavy atom. The van der Waals surface area contributed by atoms with Crippen molar-refractivity contribution >= 4 is 11.8 Å². The van der Waals surface area contributed by atoms with Crippen LogP contribution in [0.1, 0.15) is 24.0 Å². The zero-order chi connectivity index (χ0) is 9.43. The fourth-order valence-corrected chi connectivity index (χ4v) is 4.06. The minimum Gasteiger partial charge on any atom is -0.298 e. The Labute approximate surface area is 89.3 Å². The molecule has 1 N–H and O–H groups in total. The Hall–Kier alpha value is -0.470. The van der Waals surface area contributed by atoms with E-state index in [1.807, 2.05) is 0 Å². The first-order valence-corrected chi connectivity index (χ1v) is 6.37. The summed E-state index contributed by atoms with van der Waals surface area (Å²) in [6.07, 6.45) is 3.89. The molecule has 0 radical (unpaired) electrons. The monoisotopic (exact) mass is 205 g/mol. The van der Waals surface area contributed by atoms with Gasteiger partial charge in [0.2, 0.25) is 0 Å². The van der Waals surface area contributed by atoms with Gasteiger partial charge >= 0.3 is 0 Å². The van der Waals surface area contributed by atoms with Gasteiger partial charge in [-0.3, -0.25) is 5.32 Å². The summed E-state index contributed by atoms with van der Waals surface area (Å²) >= 11 is 2.10. The average molecular weight is 205 g/mol. The predicted octanol–water partition coefficient (Wildman–Crippen LogP) is 2.51. The number of benzene rings is 1. The summed E-state index contributed by atoms with van der Waals surface area (Å²) in [6.45, 7) is 1.17. The van der Waals surface area contributed by atoms with Crippen molar-refractivity contribution in [3.8, 4) is 0 Å². The number of fused-ring (bicyclic) bond motifs is 2. The van der Waals surface area contributed by atoms with Crippen molar-refractivity contribution in [1.82, 2.24) is 5.32 Å². The van der Waals surface area contributed by atoms with Gasteiger partial charge in [0.15, 0.2) is 0 Å². The number of nitrogens with one attached hydrogen (secondary N) is 1. The van der Waals surface area contributed by atoms with Gasteiger partial charge in [-0.15, -0.1) is 11.8 Å². The lowest BCUT2D eigenvalue weighted by Crippen LogP contribution is -2.37. The molecule has 1 unspecified atom stereocenters. The molecule has 0 aromatic heterocycles. The molecular weight excluding hydrogens is 190 g/mol. The topological polar surface area (TPSA) is 12.0 Å². The van der Waals surface area contributed by atoms with E-state index in [-0.39, 0.29) is 4.87 Å². The lowest BCUT2D eigenvalue weighted by molar-refractivity contribution is 0.444. The number of hydrogen-bond donors (Lipinski definition) is 1. The maximum Gasteiger partial charge on any atom is 0.0904 e. The lowest BCUT2D eigenvalue weighted by Gasteiger charge is -2.35. The quantitative estimate of drug-likeness (QED) is 0.698. The largest absolute Gasteiger partial charge is 0.298 e. The number of rotatable bonds is 0. The van der Waals surface area contributed by atoms with Crippen molar-refractivity contribution in [3.05, 3.63) is 35.4 Å². The van der Waals surface area contributed by atoms with Crippen LogP contribution in [0.5, 0.6) is 0 Å². The van der Waals surface area contributed by atoms with Crippen LogP contribution >= 0.6 is 11.8 Å². The van der Waals surface area contributed by atoms with Crippen LogP contribution in [0.2, 0.25) is 0 Å². The standard InChI is InChI=1S/C12H15NS/c1-2-6-11-10(4-1)5-3-7-12(11)13-8-9-14-12/h1-2,4,6,13H,3,5,7-9H2. The molecule has 1 saturated heterocycles. The molecular formula is C12H15NS. The second-order valence-electron chi connectivity index (χ2n) is 4.11. The normalized spacial score (nSPS) is 30.6. The first-order valence-electron chi connectivity index (χ1n) is 5.38. The van der Waals surface area contributed by atoms with Crippen LogP contribution in [0.3, 0.4) is 0 Å². The van der Waals surface area contributed by atoms with Crippen molar-refractivity contribution in [1.29, 1.82) is 0 Å². The molecule has 2 aliphatic rings. The van der Waals surface area contributed by atoms with Crippen LogP contribution in [0, 0.1) is 0 Å². The molecule has 2 heteroatoms. The molecule has 1 aromatic rings. The molecule has 3 rings (SSSR count). The fourth-order valence-electron chi connectivity index (χ4n) is 2.66. The zero-order valence-corrected chi connectivity index (χ0v) is 9.07. The summed E-state index contributed by atoms with van der Waals surface area (Å²) < 4.78 is 0. The van der Waals surface area contributed by atoms with Gasteiger partial charge in [0.1, 0.15) is 0 Å². The van der Waals surface area contributed by atoms with E-state index < -0.39 is 0 Å². The maximum atomic E-state index is 3.69. The van der Waals surface area contributed by atoms with Crippen LogP contribution in [-0.2, 0) is 11.3 Å². The van der Waals surface area contributed by atoms with Gasteiger partial charge in [-0.25, -0.2) is 0 Å². The van der Waals surface area contributed by atoms with E-state index in [2.05, 4.69) is 41.3 Å². The van der Waals surface area contributed by atoms with Crippen LogP contribution < -0.4 is 5.32 Å². The molecule has 0 saturated carbocycles. The maximum absolute atomic E-state index is 3.69. The minimum absolute atomic E-state index is 0.273. The summed E-state index contributed by atoms with van der Waals surface area (Å²) in [5.74, 6) is 1.26. The third-order valence-corrected chi connectivity index (χ3v) is 4.76. The number of aryl methyl sites for hydroxylation is 1. The van der Waals surface area contributed by atoms with Gasteiger partial charge in [-0.2, -0.15) is 0 Å². The van der Waals surface area contributed by atoms with E-state index in [1.54, 1.807) is 11.1 Å². The third kappa shape index (κ3) is 1.21. The summed E-state index contributed by atoms with van der Waals surface area (Å²) in [5, 5.41) is 3.69. The minimum atomic E-state index is 0.273. The molecule has 1 nitrogen and oxygen atoms in total. The summed E-state index contributed by atoms with van der Waals surface area (Å²) in [5.41, 5.74) is 3.11. The molecule has 1 aliphatic carbocycles. The Bertz CT molecular complexity index is 342. The summed E-state index contributed by atoms with van der Waals surface area (Å²) in [4.78, 5) is 0.273. The van der Waals surface area contributed by atoms with E-state index in [0.29, 0.717) is 0 Å². The van der Waals surface area contributed by atoms with Gasteiger partial charge in [0.05, 0.1) is 4.87 Å². The molecule has 0 bridgehead atoms. The highest BCUT2D eigenvalue weighted by molar-refractivity contribution is 8.00. The molecule has 1 heterocycles. The Morgan fingerprint density at radius 2 is 2.21 bits per heavy atom. The first-order chi connectivity index (χ1) is 6.91.